The number of aromatic hydroxyl groups is 1. The number of phenols is 1. The molecule has 7 heteroatoms. The Labute approximate surface area is 184 Å². The second-order valence-electron chi connectivity index (χ2n) is 7.76. The van der Waals surface area contributed by atoms with Gasteiger partial charge in [0, 0.05) is 18.8 Å². The van der Waals surface area contributed by atoms with E-state index in [1.807, 2.05) is 49.1 Å². The summed E-state index contributed by atoms with van der Waals surface area (Å²) in [4.78, 5) is 18.5. The zero-order chi connectivity index (χ0) is 22.2. The molecule has 0 radical (unpaired) electrons. The van der Waals surface area contributed by atoms with E-state index in [0.29, 0.717) is 32.0 Å². The number of nitrogens with one attached hydrogen (secondary N) is 1. The van der Waals surface area contributed by atoms with E-state index in [1.54, 1.807) is 19.2 Å². The van der Waals surface area contributed by atoms with Gasteiger partial charge < -0.3 is 29.3 Å². The standard InChI is InChI=1S/C24H33N3O4/c1-4-26(17-19-6-11-22(31-5-2)23(16-19)30-3)24(29)18-25-12-14-27(15-13-25)20-7-9-21(28)10-8-20/h6-11,16,28H,4-5,12-15,17-18H2,1-3H3/p+1. The number of hydrogen-bond donors (Lipinski definition) is 2. The van der Waals surface area contributed by atoms with Crippen LogP contribution in [-0.4, -0.2) is 68.9 Å². The molecule has 0 unspecified atom stereocenters. The van der Waals surface area contributed by atoms with Crippen LogP contribution in [0, 0.1) is 0 Å². The molecule has 0 atom stereocenters. The number of hydrogen-bond acceptors (Lipinski definition) is 5. The predicted octanol–water partition coefficient (Wildman–Crippen LogP) is 1.55. The molecule has 1 amide bonds. The van der Waals surface area contributed by atoms with Crippen LogP contribution in [0.15, 0.2) is 42.5 Å². The minimum atomic E-state index is 0.170. The molecule has 2 N–H and O–H groups in total. The van der Waals surface area contributed by atoms with Crippen LogP contribution in [-0.2, 0) is 11.3 Å². The maximum atomic E-state index is 13.0. The van der Waals surface area contributed by atoms with Crippen LogP contribution in [0.4, 0.5) is 5.69 Å². The van der Waals surface area contributed by atoms with Crippen LogP contribution in [0.3, 0.4) is 0 Å². The summed E-state index contributed by atoms with van der Waals surface area (Å²) in [6.07, 6.45) is 0. The Morgan fingerprint density at radius 1 is 1.10 bits per heavy atom. The van der Waals surface area contributed by atoms with Gasteiger partial charge in [0.15, 0.2) is 18.0 Å². The van der Waals surface area contributed by atoms with Gasteiger partial charge in [0.1, 0.15) is 5.75 Å². The molecular formula is C24H34N3O4+. The molecule has 7 nitrogen and oxygen atoms in total. The van der Waals surface area contributed by atoms with Crippen LogP contribution in [0.1, 0.15) is 19.4 Å². The average Bonchev–Trinajstić information content (AvgIpc) is 2.79. The highest BCUT2D eigenvalue weighted by Gasteiger charge is 2.24. The third kappa shape index (κ3) is 6.04. The number of benzene rings is 2. The molecule has 1 saturated heterocycles. The number of anilines is 1. The van der Waals surface area contributed by atoms with E-state index < -0.39 is 0 Å². The molecule has 0 spiro atoms. The van der Waals surface area contributed by atoms with E-state index in [2.05, 4.69) is 4.90 Å². The van der Waals surface area contributed by atoms with Crippen molar-refractivity contribution in [2.45, 2.75) is 20.4 Å². The van der Waals surface area contributed by atoms with Gasteiger partial charge in [-0.3, -0.25) is 4.79 Å². The maximum Gasteiger partial charge on any atom is 0.278 e. The fourth-order valence-corrected chi connectivity index (χ4v) is 3.93. The summed E-state index contributed by atoms with van der Waals surface area (Å²) in [5, 5.41) is 9.47. The summed E-state index contributed by atoms with van der Waals surface area (Å²) in [7, 11) is 1.63. The summed E-state index contributed by atoms with van der Waals surface area (Å²) in [6, 6.07) is 13.2. The predicted molar refractivity (Wildman–Crippen MR) is 121 cm³/mol. The number of phenolic OH excluding ortho intramolecular Hbond substituents is 1. The number of carbonyl (C=O) groups excluding carboxylic acids is 1. The molecule has 31 heavy (non-hydrogen) atoms. The molecule has 1 aliphatic rings. The Balaban J connectivity index is 1.54. The van der Waals surface area contributed by atoms with E-state index in [9.17, 15) is 9.90 Å². The third-order valence-corrected chi connectivity index (χ3v) is 5.72. The Morgan fingerprint density at radius 3 is 2.42 bits per heavy atom. The second-order valence-corrected chi connectivity index (χ2v) is 7.76. The Bertz CT molecular complexity index is 848. The van der Waals surface area contributed by atoms with Crippen molar-refractivity contribution < 1.29 is 24.3 Å². The van der Waals surface area contributed by atoms with Crippen molar-refractivity contribution >= 4 is 11.6 Å². The molecular weight excluding hydrogens is 394 g/mol. The van der Waals surface area contributed by atoms with Gasteiger partial charge in [0.2, 0.25) is 0 Å². The van der Waals surface area contributed by atoms with Gasteiger partial charge in [-0.25, -0.2) is 0 Å². The fraction of sp³-hybridized carbons (Fsp3) is 0.458. The monoisotopic (exact) mass is 428 g/mol. The lowest BCUT2D eigenvalue weighted by Crippen LogP contribution is -3.15. The van der Waals surface area contributed by atoms with Crippen molar-refractivity contribution in [3.8, 4) is 17.2 Å². The van der Waals surface area contributed by atoms with Crippen LogP contribution in [0.2, 0.25) is 0 Å². The number of methoxy groups -OCH3 is 1. The highest BCUT2D eigenvalue weighted by atomic mass is 16.5. The summed E-state index contributed by atoms with van der Waals surface area (Å²) in [5.74, 6) is 1.87. The highest BCUT2D eigenvalue weighted by Crippen LogP contribution is 2.28. The van der Waals surface area contributed by atoms with E-state index in [4.69, 9.17) is 9.47 Å². The quantitative estimate of drug-likeness (QED) is 0.635. The van der Waals surface area contributed by atoms with Crippen LogP contribution >= 0.6 is 0 Å². The lowest BCUT2D eigenvalue weighted by molar-refractivity contribution is -0.892. The van der Waals surface area contributed by atoms with Crippen LogP contribution in [0.25, 0.3) is 0 Å². The topological polar surface area (TPSA) is 66.7 Å². The fourth-order valence-electron chi connectivity index (χ4n) is 3.93. The number of amides is 1. The SMILES string of the molecule is CCOc1ccc(CN(CC)C(=O)C[NH+]2CCN(c3ccc(O)cc3)CC2)cc1OC. The summed E-state index contributed by atoms with van der Waals surface area (Å²) < 4.78 is 11.0. The molecule has 1 aliphatic heterocycles. The second kappa shape index (κ2) is 10.9. The first kappa shape index (κ1) is 22.7. The minimum Gasteiger partial charge on any atom is -0.508 e. The van der Waals surface area contributed by atoms with Crippen LogP contribution in [0.5, 0.6) is 17.2 Å². The molecule has 0 aromatic heterocycles. The number of carbonyl (C=O) groups is 1. The molecule has 0 aliphatic carbocycles. The first-order chi connectivity index (χ1) is 15.0. The van der Waals surface area contributed by atoms with Crippen molar-refractivity contribution in [3.05, 3.63) is 48.0 Å². The molecule has 0 bridgehead atoms. The van der Waals surface area contributed by atoms with Gasteiger partial charge >= 0.3 is 0 Å². The van der Waals surface area contributed by atoms with Crippen molar-refractivity contribution in [2.75, 3.05) is 57.9 Å². The number of rotatable bonds is 9. The van der Waals surface area contributed by atoms with Gasteiger partial charge in [0.25, 0.3) is 5.91 Å². The summed E-state index contributed by atoms with van der Waals surface area (Å²) >= 11 is 0. The minimum absolute atomic E-state index is 0.170. The number of nitrogens with zero attached hydrogens (tertiary/aromatic N) is 2. The zero-order valence-electron chi connectivity index (χ0n) is 18.8. The Morgan fingerprint density at radius 2 is 1.81 bits per heavy atom. The molecule has 2 aromatic carbocycles. The first-order valence-corrected chi connectivity index (χ1v) is 11.0. The van der Waals surface area contributed by atoms with Crippen molar-refractivity contribution in [3.63, 3.8) is 0 Å². The lowest BCUT2D eigenvalue weighted by atomic mass is 10.2. The Hall–Kier alpha value is -2.93. The summed E-state index contributed by atoms with van der Waals surface area (Å²) in [6.45, 7) is 9.91. The average molecular weight is 429 g/mol. The van der Waals surface area contributed by atoms with Gasteiger partial charge in [-0.15, -0.1) is 0 Å². The zero-order valence-corrected chi connectivity index (χ0v) is 18.8. The molecule has 1 fully saturated rings. The normalized spacial score (nSPS) is 14.4. The molecule has 1 heterocycles. The number of ether oxygens (including phenoxy) is 2. The van der Waals surface area contributed by atoms with Crippen molar-refractivity contribution in [2.24, 2.45) is 0 Å². The molecule has 3 rings (SSSR count). The smallest absolute Gasteiger partial charge is 0.278 e. The maximum absolute atomic E-state index is 13.0. The van der Waals surface area contributed by atoms with Gasteiger partial charge in [0.05, 0.1) is 39.9 Å². The van der Waals surface area contributed by atoms with Gasteiger partial charge in [-0.05, 0) is 55.8 Å². The number of likely N-dealkylation sites (N-methyl/N-ethyl adjacent to an activating group) is 1. The van der Waals surface area contributed by atoms with Crippen LogP contribution < -0.4 is 19.3 Å². The van der Waals surface area contributed by atoms with Gasteiger partial charge in [-0.2, -0.15) is 0 Å². The highest BCUT2D eigenvalue weighted by molar-refractivity contribution is 5.77. The molecule has 168 valence electrons. The van der Waals surface area contributed by atoms with E-state index in [0.717, 1.165) is 43.2 Å². The third-order valence-electron chi connectivity index (χ3n) is 5.72. The molecule has 0 saturated carbocycles. The molecule has 2 aromatic rings. The number of piperazine rings is 1. The number of quaternary nitrogens is 1. The Kier molecular flexibility index (Phi) is 8.00. The summed E-state index contributed by atoms with van der Waals surface area (Å²) in [5.41, 5.74) is 2.14. The van der Waals surface area contributed by atoms with E-state index >= 15 is 0 Å². The van der Waals surface area contributed by atoms with Crippen molar-refractivity contribution in [1.29, 1.82) is 0 Å². The first-order valence-electron chi connectivity index (χ1n) is 11.0. The van der Waals surface area contributed by atoms with E-state index in [1.165, 1.54) is 4.90 Å². The largest absolute Gasteiger partial charge is 0.508 e. The van der Waals surface area contributed by atoms with Crippen molar-refractivity contribution in [1.82, 2.24) is 4.90 Å². The van der Waals surface area contributed by atoms with E-state index in [-0.39, 0.29) is 11.7 Å². The lowest BCUT2D eigenvalue weighted by Gasteiger charge is -2.34. The van der Waals surface area contributed by atoms with Gasteiger partial charge in [-0.1, -0.05) is 6.07 Å².